The zero-order valence-electron chi connectivity index (χ0n) is 27.3. The predicted molar refractivity (Wildman–Crippen MR) is 178 cm³/mol. The molecular formula is C33H44ClN9O4. The molecule has 2 aliphatic rings. The Morgan fingerprint density at radius 2 is 1.79 bits per heavy atom. The summed E-state index contributed by atoms with van der Waals surface area (Å²) in [6.07, 6.45) is 13.0. The van der Waals surface area contributed by atoms with Crippen molar-refractivity contribution in [2.45, 2.75) is 64.3 Å². The van der Waals surface area contributed by atoms with Gasteiger partial charge in [0.2, 0.25) is 5.95 Å². The van der Waals surface area contributed by atoms with Gasteiger partial charge in [-0.05, 0) is 50.3 Å². The summed E-state index contributed by atoms with van der Waals surface area (Å²) in [6.45, 7) is 9.42. The van der Waals surface area contributed by atoms with E-state index in [0.717, 1.165) is 68.8 Å². The van der Waals surface area contributed by atoms with Crippen LogP contribution in [-0.4, -0.2) is 98.2 Å². The number of hydrogen-bond donors (Lipinski definition) is 1. The first-order chi connectivity index (χ1) is 22.9. The van der Waals surface area contributed by atoms with Crippen LogP contribution in [0.1, 0.15) is 45.6 Å². The zero-order valence-corrected chi connectivity index (χ0v) is 28.1. The Bertz CT molecular complexity index is 1540. The number of nitrogens with zero attached hydrogens (tertiary/aromatic N) is 8. The van der Waals surface area contributed by atoms with Crippen LogP contribution in [-0.2, 0) is 16.0 Å². The minimum Gasteiger partial charge on any atom is -0.487 e. The lowest BCUT2D eigenvalue weighted by atomic mass is 9.90. The monoisotopic (exact) mass is 665 g/mol. The van der Waals surface area contributed by atoms with E-state index in [9.17, 15) is 0 Å². The van der Waals surface area contributed by atoms with Gasteiger partial charge in [0.25, 0.3) is 5.88 Å². The van der Waals surface area contributed by atoms with E-state index in [1.807, 2.05) is 31.3 Å². The average Bonchev–Trinajstić information content (AvgIpc) is 3.76. The molecule has 1 aliphatic heterocycles. The number of hydrogen-bond acceptors (Lipinski definition) is 11. The number of morpholine rings is 1. The topological polar surface area (TPSA) is 127 Å². The average molecular weight is 666 g/mol. The highest BCUT2D eigenvalue weighted by molar-refractivity contribution is 6.32. The highest BCUT2D eigenvalue weighted by Gasteiger charge is 2.29. The molecule has 14 heteroatoms. The van der Waals surface area contributed by atoms with E-state index < -0.39 is 0 Å². The van der Waals surface area contributed by atoms with Crippen molar-refractivity contribution in [1.82, 2.24) is 39.4 Å². The first-order valence-corrected chi connectivity index (χ1v) is 16.7. The summed E-state index contributed by atoms with van der Waals surface area (Å²) in [5, 5.41) is 12.9. The lowest BCUT2D eigenvalue weighted by Crippen LogP contribution is -2.45. The molecule has 1 aromatic carbocycles. The summed E-state index contributed by atoms with van der Waals surface area (Å²) in [6, 6.07) is 6.57. The maximum absolute atomic E-state index is 6.47. The number of rotatable bonds is 14. The van der Waals surface area contributed by atoms with Crippen molar-refractivity contribution in [3.05, 3.63) is 54.5 Å². The smallest absolute Gasteiger partial charge is 0.256 e. The second kappa shape index (κ2) is 15.9. The molecule has 13 nitrogen and oxygen atoms in total. The van der Waals surface area contributed by atoms with Crippen molar-refractivity contribution in [2.24, 2.45) is 5.92 Å². The third-order valence-electron chi connectivity index (χ3n) is 8.66. The normalized spacial score (nSPS) is 20.1. The maximum Gasteiger partial charge on any atom is 0.256 e. The number of anilines is 2. The molecule has 3 aromatic heterocycles. The third kappa shape index (κ3) is 8.78. The van der Waals surface area contributed by atoms with Gasteiger partial charge in [-0.3, -0.25) is 9.58 Å². The summed E-state index contributed by atoms with van der Waals surface area (Å²) in [5.41, 5.74) is 2.46. The van der Waals surface area contributed by atoms with Crippen molar-refractivity contribution in [3.63, 3.8) is 0 Å². The van der Waals surface area contributed by atoms with Gasteiger partial charge in [-0.25, -0.2) is 19.6 Å². The van der Waals surface area contributed by atoms with E-state index in [0.29, 0.717) is 54.4 Å². The van der Waals surface area contributed by atoms with Gasteiger partial charge in [0.1, 0.15) is 30.2 Å². The Morgan fingerprint density at radius 1 is 1.02 bits per heavy atom. The summed E-state index contributed by atoms with van der Waals surface area (Å²) in [7, 11) is 1.70. The maximum atomic E-state index is 6.47. The number of aromatic nitrogens is 7. The molecule has 2 atom stereocenters. The van der Waals surface area contributed by atoms with Gasteiger partial charge in [0.05, 0.1) is 50.2 Å². The van der Waals surface area contributed by atoms with Crippen molar-refractivity contribution in [2.75, 3.05) is 51.9 Å². The highest BCUT2D eigenvalue weighted by Crippen LogP contribution is 2.35. The molecule has 6 rings (SSSR count). The van der Waals surface area contributed by atoms with Crippen LogP contribution in [0, 0.1) is 5.92 Å². The molecule has 0 radical (unpaired) electrons. The zero-order chi connectivity index (χ0) is 32.6. The van der Waals surface area contributed by atoms with Gasteiger partial charge >= 0.3 is 0 Å². The molecule has 1 saturated carbocycles. The Kier molecular flexibility index (Phi) is 11.2. The molecule has 0 amide bonds. The van der Waals surface area contributed by atoms with E-state index in [4.69, 9.17) is 35.6 Å². The van der Waals surface area contributed by atoms with Crippen molar-refractivity contribution in [3.8, 4) is 22.8 Å². The fourth-order valence-electron chi connectivity index (χ4n) is 6.22. The summed E-state index contributed by atoms with van der Waals surface area (Å²) >= 11 is 6.47. The third-order valence-corrected chi connectivity index (χ3v) is 8.97. The van der Waals surface area contributed by atoms with Gasteiger partial charge in [-0.2, -0.15) is 5.10 Å². The lowest BCUT2D eigenvalue weighted by molar-refractivity contribution is 0.00502. The van der Waals surface area contributed by atoms with Crippen LogP contribution in [0.2, 0.25) is 5.02 Å². The quantitative estimate of drug-likeness (QED) is 0.189. The van der Waals surface area contributed by atoms with Crippen LogP contribution < -0.4 is 14.8 Å². The van der Waals surface area contributed by atoms with Crippen LogP contribution in [0.25, 0.3) is 11.1 Å². The van der Waals surface area contributed by atoms with Gasteiger partial charge in [-0.15, -0.1) is 5.10 Å². The highest BCUT2D eigenvalue weighted by atomic mass is 35.5. The van der Waals surface area contributed by atoms with Crippen LogP contribution in [0.15, 0.2) is 49.4 Å². The second-order valence-corrected chi connectivity index (χ2v) is 12.8. The van der Waals surface area contributed by atoms with Gasteiger partial charge < -0.3 is 24.3 Å². The lowest BCUT2D eigenvalue weighted by Gasteiger charge is -2.38. The molecule has 4 aromatic rings. The fourth-order valence-corrected chi connectivity index (χ4v) is 6.38. The van der Waals surface area contributed by atoms with Gasteiger partial charge in [0.15, 0.2) is 0 Å². The van der Waals surface area contributed by atoms with Gasteiger partial charge in [-0.1, -0.05) is 24.6 Å². The molecular weight excluding hydrogens is 622 g/mol. The summed E-state index contributed by atoms with van der Waals surface area (Å²) in [5.74, 6) is 1.78. The molecule has 0 spiro atoms. The van der Waals surface area contributed by atoms with Crippen LogP contribution in [0.3, 0.4) is 0 Å². The van der Waals surface area contributed by atoms with Crippen molar-refractivity contribution < 1.29 is 18.9 Å². The number of benzene rings is 1. The molecule has 1 aliphatic carbocycles. The van der Waals surface area contributed by atoms with E-state index in [2.05, 4.69) is 41.9 Å². The summed E-state index contributed by atoms with van der Waals surface area (Å²) < 4.78 is 27.0. The number of ether oxygens (including phenoxy) is 4. The molecule has 47 heavy (non-hydrogen) atoms. The van der Waals surface area contributed by atoms with E-state index in [-0.39, 0.29) is 12.0 Å². The van der Waals surface area contributed by atoms with Gasteiger partial charge in [0, 0.05) is 50.1 Å². The molecule has 2 fully saturated rings. The SMILES string of the molecule is COCC(C)COc1nn(C2CCC(N3CCOCC3)CC2)cc1Nc1ncc(-c2ccc(Cl)c(O[C@@H](C)Cn3cncn3)c2)cn1. The molecule has 252 valence electrons. The van der Waals surface area contributed by atoms with Crippen LogP contribution in [0.5, 0.6) is 11.6 Å². The first-order valence-electron chi connectivity index (χ1n) is 16.4. The van der Waals surface area contributed by atoms with E-state index in [1.54, 1.807) is 30.5 Å². The molecule has 1 N–H and O–H groups in total. The number of methoxy groups -OCH3 is 1. The Balaban J connectivity index is 1.13. The predicted octanol–water partition coefficient (Wildman–Crippen LogP) is 5.27. The molecule has 1 unspecified atom stereocenters. The minimum absolute atomic E-state index is 0.165. The molecule has 0 bridgehead atoms. The molecule has 4 heterocycles. The van der Waals surface area contributed by atoms with Crippen LogP contribution in [0.4, 0.5) is 11.6 Å². The fraction of sp³-hybridized carbons (Fsp3) is 0.545. The standard InChI is InChI=1S/C33H44ClN9O4/c1-23(19-44-3)20-46-32-30(18-43(40-32)28-7-5-27(6-8-28)41-10-12-45-13-11-41)39-33-36-15-26(16-37-33)25-4-9-29(34)31(14-25)47-24(2)17-42-22-35-21-38-42/h4,9,14-16,18,21-24,27-28H,5-8,10-13,17,19-20H2,1-3H3,(H,36,37,39)/t23?,24-,27?,28?/m0/s1. The first kappa shape index (κ1) is 33.1. The second-order valence-electron chi connectivity index (χ2n) is 12.4. The minimum atomic E-state index is -0.165. The Morgan fingerprint density at radius 3 is 2.51 bits per heavy atom. The molecule has 1 saturated heterocycles. The number of halogens is 1. The summed E-state index contributed by atoms with van der Waals surface area (Å²) in [4.78, 5) is 15.8. The van der Waals surface area contributed by atoms with E-state index >= 15 is 0 Å². The largest absolute Gasteiger partial charge is 0.487 e. The van der Waals surface area contributed by atoms with Crippen LogP contribution >= 0.6 is 11.6 Å². The number of nitrogens with one attached hydrogen (secondary N) is 1. The van der Waals surface area contributed by atoms with Crippen molar-refractivity contribution in [1.29, 1.82) is 0 Å². The Labute approximate surface area is 280 Å². The van der Waals surface area contributed by atoms with E-state index in [1.165, 1.54) is 6.33 Å². The Hall–Kier alpha value is -3.78. The van der Waals surface area contributed by atoms with Crippen molar-refractivity contribution >= 4 is 23.2 Å².